The van der Waals surface area contributed by atoms with Crippen LogP contribution >= 0.6 is 0 Å². The summed E-state index contributed by atoms with van der Waals surface area (Å²) in [6.45, 7) is 1.78. The minimum Gasteiger partial charge on any atom is -0.440 e. The first-order chi connectivity index (χ1) is 6.66. The zero-order valence-electron chi connectivity index (χ0n) is 8.77. The van der Waals surface area contributed by atoms with E-state index in [1.807, 2.05) is 0 Å². The van der Waals surface area contributed by atoms with Gasteiger partial charge in [0.25, 0.3) is 0 Å². The fraction of sp³-hybridized carbons (Fsp3) is 0.875. The summed E-state index contributed by atoms with van der Waals surface area (Å²) in [5, 5.41) is 2.24. The maximum atomic E-state index is 11.7. The Balaban J connectivity index is 3.93. The van der Waals surface area contributed by atoms with Crippen molar-refractivity contribution in [1.29, 1.82) is 0 Å². The summed E-state index contributed by atoms with van der Waals surface area (Å²) in [5.41, 5.74) is -0.766. The number of hydrogen-bond acceptors (Lipinski definition) is 3. The Morgan fingerprint density at radius 2 is 1.80 bits per heavy atom. The van der Waals surface area contributed by atoms with Crippen molar-refractivity contribution < 1.29 is 27.4 Å². The van der Waals surface area contributed by atoms with E-state index in [0.717, 1.165) is 0 Å². The second-order valence-corrected chi connectivity index (χ2v) is 3.63. The second-order valence-electron chi connectivity index (χ2n) is 3.63. The molecule has 0 saturated carbocycles. The zero-order valence-corrected chi connectivity index (χ0v) is 8.77. The lowest BCUT2D eigenvalue weighted by atomic mass is 10.1. The number of nitrogens with one attached hydrogen (secondary N) is 1. The first kappa shape index (κ1) is 14.0. The molecule has 0 aliphatic rings. The van der Waals surface area contributed by atoms with Crippen LogP contribution in [0.2, 0.25) is 0 Å². The van der Waals surface area contributed by atoms with Crippen LogP contribution in [0.15, 0.2) is 0 Å². The topological polar surface area (TPSA) is 47.6 Å². The smallest absolute Gasteiger partial charge is 0.422 e. The van der Waals surface area contributed by atoms with Crippen molar-refractivity contribution in [2.75, 3.05) is 20.3 Å². The Bertz CT molecular complexity index is 216. The molecule has 0 aromatic heterocycles. The molecule has 0 saturated heterocycles. The third-order valence-corrected chi connectivity index (χ3v) is 1.31. The standard InChI is InChI=1S/C8H14F3NO3/c1-7(2,4-14-3)12-6(13)15-5-8(9,10)11/h4-5H2,1-3H3,(H,12,13). The first-order valence-corrected chi connectivity index (χ1v) is 4.17. The highest BCUT2D eigenvalue weighted by atomic mass is 19.4. The normalized spacial score (nSPS) is 12.4. The number of amides is 1. The fourth-order valence-corrected chi connectivity index (χ4v) is 0.857. The molecule has 90 valence electrons. The van der Waals surface area contributed by atoms with Crippen LogP contribution in [0.1, 0.15) is 13.8 Å². The Morgan fingerprint density at radius 3 is 2.20 bits per heavy atom. The number of alkyl carbamates (subject to hydrolysis) is 1. The summed E-state index contributed by atoms with van der Waals surface area (Å²) in [4.78, 5) is 10.9. The molecule has 0 fully saturated rings. The highest BCUT2D eigenvalue weighted by molar-refractivity contribution is 5.68. The quantitative estimate of drug-likeness (QED) is 0.798. The number of ether oxygens (including phenoxy) is 2. The molecular weight excluding hydrogens is 215 g/mol. The maximum absolute atomic E-state index is 11.7. The maximum Gasteiger partial charge on any atom is 0.422 e. The highest BCUT2D eigenvalue weighted by Crippen LogP contribution is 2.14. The number of halogens is 3. The lowest BCUT2D eigenvalue weighted by Crippen LogP contribution is -2.47. The predicted octanol–water partition coefficient (Wildman–Crippen LogP) is 1.70. The van der Waals surface area contributed by atoms with Gasteiger partial charge in [0.15, 0.2) is 6.61 Å². The van der Waals surface area contributed by atoms with E-state index in [9.17, 15) is 18.0 Å². The van der Waals surface area contributed by atoms with Gasteiger partial charge in [0.05, 0.1) is 12.1 Å². The molecular formula is C8H14F3NO3. The van der Waals surface area contributed by atoms with Gasteiger partial charge in [-0.15, -0.1) is 0 Å². The van der Waals surface area contributed by atoms with Crippen molar-refractivity contribution >= 4 is 6.09 Å². The van der Waals surface area contributed by atoms with Crippen LogP contribution in [0.25, 0.3) is 0 Å². The molecule has 0 aliphatic heterocycles. The monoisotopic (exact) mass is 229 g/mol. The number of rotatable bonds is 4. The van der Waals surface area contributed by atoms with Gasteiger partial charge in [-0.05, 0) is 13.8 Å². The van der Waals surface area contributed by atoms with Crippen LogP contribution in [0, 0.1) is 0 Å². The SMILES string of the molecule is COCC(C)(C)NC(=O)OCC(F)(F)F. The van der Waals surface area contributed by atoms with E-state index < -0.39 is 24.4 Å². The number of carbonyl (C=O) groups is 1. The van der Waals surface area contributed by atoms with E-state index in [1.165, 1.54) is 7.11 Å². The summed E-state index contributed by atoms with van der Waals surface area (Å²) >= 11 is 0. The van der Waals surface area contributed by atoms with Crippen LogP contribution < -0.4 is 5.32 Å². The largest absolute Gasteiger partial charge is 0.440 e. The van der Waals surface area contributed by atoms with E-state index >= 15 is 0 Å². The van der Waals surface area contributed by atoms with Crippen LogP contribution in [0.5, 0.6) is 0 Å². The molecule has 0 atom stereocenters. The third kappa shape index (κ3) is 8.04. The van der Waals surface area contributed by atoms with E-state index in [-0.39, 0.29) is 6.61 Å². The number of alkyl halides is 3. The molecule has 1 amide bonds. The average Bonchev–Trinajstić information content (AvgIpc) is 1.98. The Labute approximate surface area is 85.7 Å². The lowest BCUT2D eigenvalue weighted by molar-refractivity contribution is -0.160. The van der Waals surface area contributed by atoms with Crippen LogP contribution in [-0.4, -0.2) is 38.1 Å². The van der Waals surface area contributed by atoms with Crippen LogP contribution in [-0.2, 0) is 9.47 Å². The molecule has 4 nitrogen and oxygen atoms in total. The molecule has 0 aromatic carbocycles. The molecule has 15 heavy (non-hydrogen) atoms. The summed E-state index contributed by atoms with van der Waals surface area (Å²) in [5.74, 6) is 0. The summed E-state index contributed by atoms with van der Waals surface area (Å²) in [7, 11) is 1.42. The molecule has 0 bridgehead atoms. The number of carbonyl (C=O) groups excluding carboxylic acids is 1. The third-order valence-electron chi connectivity index (χ3n) is 1.31. The Morgan fingerprint density at radius 1 is 1.27 bits per heavy atom. The van der Waals surface area contributed by atoms with Crippen molar-refractivity contribution in [3.05, 3.63) is 0 Å². The van der Waals surface area contributed by atoms with Crippen molar-refractivity contribution in [3.63, 3.8) is 0 Å². The highest BCUT2D eigenvalue weighted by Gasteiger charge is 2.30. The molecule has 1 N–H and O–H groups in total. The molecule has 0 unspecified atom stereocenters. The molecule has 0 aromatic rings. The minimum absolute atomic E-state index is 0.175. The van der Waals surface area contributed by atoms with Gasteiger partial charge in [0.2, 0.25) is 0 Å². The molecule has 0 spiro atoms. The van der Waals surface area contributed by atoms with Gasteiger partial charge >= 0.3 is 12.3 Å². The lowest BCUT2D eigenvalue weighted by Gasteiger charge is -2.24. The van der Waals surface area contributed by atoms with Crippen LogP contribution in [0.3, 0.4) is 0 Å². The van der Waals surface area contributed by atoms with E-state index in [1.54, 1.807) is 13.8 Å². The number of hydrogen-bond donors (Lipinski definition) is 1. The van der Waals surface area contributed by atoms with Crippen molar-refractivity contribution in [2.45, 2.75) is 25.6 Å². The minimum atomic E-state index is -4.51. The Kier molecular flexibility index (Phi) is 4.86. The molecule has 7 heteroatoms. The second kappa shape index (κ2) is 5.20. The molecule has 0 radical (unpaired) electrons. The van der Waals surface area contributed by atoms with Gasteiger partial charge in [-0.2, -0.15) is 13.2 Å². The summed E-state index contributed by atoms with van der Waals surface area (Å²) in [6, 6.07) is 0. The summed E-state index contributed by atoms with van der Waals surface area (Å²) in [6.07, 6.45) is -5.63. The average molecular weight is 229 g/mol. The Hall–Kier alpha value is -0.980. The van der Waals surface area contributed by atoms with E-state index in [4.69, 9.17) is 4.74 Å². The van der Waals surface area contributed by atoms with Crippen LogP contribution in [0.4, 0.5) is 18.0 Å². The zero-order chi connectivity index (χ0) is 12.1. The van der Waals surface area contributed by atoms with Gasteiger partial charge in [-0.25, -0.2) is 4.79 Å². The van der Waals surface area contributed by atoms with Gasteiger partial charge in [0, 0.05) is 7.11 Å². The number of methoxy groups -OCH3 is 1. The summed E-state index contributed by atoms with van der Waals surface area (Å²) < 4.78 is 43.7. The van der Waals surface area contributed by atoms with Gasteiger partial charge in [-0.1, -0.05) is 0 Å². The molecule has 0 heterocycles. The fourth-order valence-electron chi connectivity index (χ4n) is 0.857. The molecule has 0 rings (SSSR count). The van der Waals surface area contributed by atoms with Gasteiger partial charge in [0.1, 0.15) is 0 Å². The van der Waals surface area contributed by atoms with Crippen molar-refractivity contribution in [3.8, 4) is 0 Å². The van der Waals surface area contributed by atoms with E-state index in [2.05, 4.69) is 10.1 Å². The van der Waals surface area contributed by atoms with E-state index in [0.29, 0.717) is 0 Å². The molecule has 0 aliphatic carbocycles. The first-order valence-electron chi connectivity index (χ1n) is 4.17. The predicted molar refractivity (Wildman–Crippen MR) is 46.5 cm³/mol. The van der Waals surface area contributed by atoms with Crippen molar-refractivity contribution in [1.82, 2.24) is 5.32 Å². The van der Waals surface area contributed by atoms with Crippen molar-refractivity contribution in [2.24, 2.45) is 0 Å². The van der Waals surface area contributed by atoms with Gasteiger partial charge < -0.3 is 14.8 Å². The van der Waals surface area contributed by atoms with Gasteiger partial charge in [-0.3, -0.25) is 0 Å².